The third-order valence-corrected chi connectivity index (χ3v) is 4.58. The molecule has 5 rings (SSSR count). The van der Waals surface area contributed by atoms with Crippen molar-refractivity contribution in [2.45, 2.75) is 25.4 Å². The summed E-state index contributed by atoms with van der Waals surface area (Å²) in [5.41, 5.74) is 0.879. The Hall–Kier alpha value is -3.33. The SMILES string of the molecule is c1coc(-c2noc(CN3CCC[C@@H]3c3nc(-c4ccncc4)no3)n2)c1. The summed E-state index contributed by atoms with van der Waals surface area (Å²) < 4.78 is 16.2. The largest absolute Gasteiger partial charge is 0.461 e. The second-order valence-corrected chi connectivity index (χ2v) is 6.31. The molecule has 0 N–H and O–H groups in total. The Bertz CT molecular complexity index is 1010. The lowest BCUT2D eigenvalue weighted by atomic mass is 10.2. The first-order valence-electron chi connectivity index (χ1n) is 8.71. The van der Waals surface area contributed by atoms with E-state index in [9.17, 15) is 0 Å². The van der Waals surface area contributed by atoms with Crippen LogP contribution in [0.1, 0.15) is 30.7 Å². The van der Waals surface area contributed by atoms with Gasteiger partial charge < -0.3 is 13.5 Å². The smallest absolute Gasteiger partial charge is 0.244 e. The molecular weight excluding hydrogens is 348 g/mol. The highest BCUT2D eigenvalue weighted by Crippen LogP contribution is 2.33. The lowest BCUT2D eigenvalue weighted by Gasteiger charge is -2.18. The van der Waals surface area contributed by atoms with Crippen LogP contribution in [0.3, 0.4) is 0 Å². The van der Waals surface area contributed by atoms with Crippen molar-refractivity contribution in [1.82, 2.24) is 30.2 Å². The average Bonchev–Trinajstić information content (AvgIpc) is 3.48. The maximum absolute atomic E-state index is 5.53. The first kappa shape index (κ1) is 15.9. The van der Waals surface area contributed by atoms with Gasteiger partial charge in [-0.15, -0.1) is 0 Å². The fourth-order valence-electron chi connectivity index (χ4n) is 3.28. The predicted octanol–water partition coefficient (Wildman–Crippen LogP) is 3.11. The topological polar surface area (TPSA) is 107 Å². The molecule has 1 aliphatic heterocycles. The number of aromatic nitrogens is 5. The Morgan fingerprint density at radius 1 is 1.04 bits per heavy atom. The molecule has 0 radical (unpaired) electrons. The van der Waals surface area contributed by atoms with Crippen LogP contribution in [0.4, 0.5) is 0 Å². The van der Waals surface area contributed by atoms with Crippen molar-refractivity contribution in [3.63, 3.8) is 0 Å². The van der Waals surface area contributed by atoms with E-state index in [0.29, 0.717) is 35.7 Å². The van der Waals surface area contributed by atoms with Crippen LogP contribution < -0.4 is 0 Å². The lowest BCUT2D eigenvalue weighted by molar-refractivity contribution is 0.179. The Kier molecular flexibility index (Phi) is 3.98. The number of rotatable bonds is 5. The molecule has 136 valence electrons. The van der Waals surface area contributed by atoms with E-state index in [2.05, 4.69) is 30.2 Å². The van der Waals surface area contributed by atoms with Crippen molar-refractivity contribution in [1.29, 1.82) is 0 Å². The molecule has 0 saturated carbocycles. The molecular formula is C18H16N6O3. The van der Waals surface area contributed by atoms with Gasteiger partial charge in [0.25, 0.3) is 0 Å². The fraction of sp³-hybridized carbons (Fsp3) is 0.278. The number of hydrogen-bond acceptors (Lipinski definition) is 9. The highest BCUT2D eigenvalue weighted by Gasteiger charge is 2.32. The summed E-state index contributed by atoms with van der Waals surface area (Å²) >= 11 is 0. The van der Waals surface area contributed by atoms with Gasteiger partial charge in [-0.3, -0.25) is 9.88 Å². The van der Waals surface area contributed by atoms with Gasteiger partial charge in [-0.05, 0) is 43.7 Å². The highest BCUT2D eigenvalue weighted by molar-refractivity contribution is 5.52. The van der Waals surface area contributed by atoms with Gasteiger partial charge in [0.1, 0.15) is 0 Å². The minimum absolute atomic E-state index is 0.0343. The van der Waals surface area contributed by atoms with Crippen molar-refractivity contribution in [2.24, 2.45) is 0 Å². The molecule has 9 nitrogen and oxygen atoms in total. The summed E-state index contributed by atoms with van der Waals surface area (Å²) in [6.45, 7) is 1.42. The van der Waals surface area contributed by atoms with Crippen LogP contribution in [0.5, 0.6) is 0 Å². The fourth-order valence-corrected chi connectivity index (χ4v) is 3.28. The normalized spacial score (nSPS) is 17.6. The zero-order valence-corrected chi connectivity index (χ0v) is 14.4. The van der Waals surface area contributed by atoms with Crippen LogP contribution in [0.25, 0.3) is 23.0 Å². The van der Waals surface area contributed by atoms with Crippen molar-refractivity contribution < 1.29 is 13.5 Å². The molecule has 0 bridgehead atoms. The van der Waals surface area contributed by atoms with Crippen molar-refractivity contribution in [3.8, 4) is 23.0 Å². The van der Waals surface area contributed by atoms with Crippen LogP contribution in [-0.4, -0.2) is 36.7 Å². The summed E-state index contributed by atoms with van der Waals surface area (Å²) in [7, 11) is 0. The molecule has 1 saturated heterocycles. The number of hydrogen-bond donors (Lipinski definition) is 0. The molecule has 9 heteroatoms. The predicted molar refractivity (Wildman–Crippen MR) is 91.9 cm³/mol. The Balaban J connectivity index is 1.33. The lowest BCUT2D eigenvalue weighted by Crippen LogP contribution is -2.23. The van der Waals surface area contributed by atoms with Crippen molar-refractivity contribution in [3.05, 3.63) is 54.7 Å². The van der Waals surface area contributed by atoms with E-state index in [0.717, 1.165) is 24.9 Å². The molecule has 4 aromatic heterocycles. The third-order valence-electron chi connectivity index (χ3n) is 4.58. The standard InChI is InChI=1S/C18H16N6O3/c1-3-13(18-21-16(22-27-18)12-5-7-19-8-6-12)24(9-1)11-15-20-17(23-26-15)14-4-2-10-25-14/h2,4-8,10,13H,1,3,9,11H2/t13-/m1/s1. The van der Waals surface area contributed by atoms with Gasteiger partial charge in [0.15, 0.2) is 5.76 Å². The first-order valence-corrected chi connectivity index (χ1v) is 8.71. The van der Waals surface area contributed by atoms with Crippen LogP contribution in [0, 0.1) is 0 Å². The van der Waals surface area contributed by atoms with Crippen LogP contribution in [0.15, 0.2) is 56.4 Å². The molecule has 0 aliphatic carbocycles. The van der Waals surface area contributed by atoms with Gasteiger partial charge in [-0.2, -0.15) is 9.97 Å². The summed E-state index contributed by atoms with van der Waals surface area (Å²) in [5.74, 6) is 2.73. The van der Waals surface area contributed by atoms with E-state index < -0.39 is 0 Å². The van der Waals surface area contributed by atoms with Crippen LogP contribution >= 0.6 is 0 Å². The van der Waals surface area contributed by atoms with Gasteiger partial charge in [0, 0.05) is 18.0 Å². The zero-order valence-electron chi connectivity index (χ0n) is 14.4. The van der Waals surface area contributed by atoms with E-state index in [1.165, 1.54) is 0 Å². The second-order valence-electron chi connectivity index (χ2n) is 6.31. The summed E-state index contributed by atoms with van der Waals surface area (Å²) in [5, 5.41) is 8.08. The number of pyridine rings is 1. The minimum atomic E-state index is 0.0343. The highest BCUT2D eigenvalue weighted by atomic mass is 16.5. The molecule has 27 heavy (non-hydrogen) atoms. The summed E-state index contributed by atoms with van der Waals surface area (Å²) in [4.78, 5) is 15.2. The molecule has 1 aliphatic rings. The number of furan rings is 1. The van der Waals surface area contributed by atoms with E-state index in [1.54, 1.807) is 30.8 Å². The number of likely N-dealkylation sites (tertiary alicyclic amines) is 1. The van der Waals surface area contributed by atoms with Crippen molar-refractivity contribution in [2.75, 3.05) is 6.54 Å². The quantitative estimate of drug-likeness (QED) is 0.528. The Labute approximate surface area is 154 Å². The van der Waals surface area contributed by atoms with Gasteiger partial charge in [0.05, 0.1) is 18.8 Å². The van der Waals surface area contributed by atoms with Crippen LogP contribution in [0.2, 0.25) is 0 Å². The minimum Gasteiger partial charge on any atom is -0.461 e. The average molecular weight is 364 g/mol. The second kappa shape index (κ2) is 6.76. The molecule has 0 spiro atoms. The van der Waals surface area contributed by atoms with E-state index >= 15 is 0 Å². The third kappa shape index (κ3) is 3.13. The number of nitrogens with zero attached hydrogens (tertiary/aromatic N) is 6. The maximum Gasteiger partial charge on any atom is 0.244 e. The summed E-state index contributed by atoms with van der Waals surface area (Å²) in [6.07, 6.45) is 6.98. The van der Waals surface area contributed by atoms with Gasteiger partial charge in [0.2, 0.25) is 23.4 Å². The molecule has 0 aromatic carbocycles. The van der Waals surface area contributed by atoms with Crippen LogP contribution in [-0.2, 0) is 6.54 Å². The Morgan fingerprint density at radius 2 is 1.93 bits per heavy atom. The van der Waals surface area contributed by atoms with Crippen molar-refractivity contribution >= 4 is 0 Å². The molecule has 1 fully saturated rings. The maximum atomic E-state index is 5.53. The summed E-state index contributed by atoms with van der Waals surface area (Å²) in [6, 6.07) is 7.34. The van der Waals surface area contributed by atoms with E-state index in [1.807, 2.05) is 12.1 Å². The van der Waals surface area contributed by atoms with Gasteiger partial charge in [-0.1, -0.05) is 10.3 Å². The molecule has 0 unspecified atom stereocenters. The Morgan fingerprint density at radius 3 is 2.78 bits per heavy atom. The molecule has 1 atom stereocenters. The first-order chi connectivity index (χ1) is 13.4. The van der Waals surface area contributed by atoms with E-state index in [-0.39, 0.29) is 6.04 Å². The zero-order chi connectivity index (χ0) is 18.1. The van der Waals surface area contributed by atoms with Gasteiger partial charge in [-0.25, -0.2) is 0 Å². The van der Waals surface area contributed by atoms with E-state index in [4.69, 9.17) is 13.5 Å². The van der Waals surface area contributed by atoms with Gasteiger partial charge >= 0.3 is 0 Å². The molecule has 4 aromatic rings. The monoisotopic (exact) mass is 364 g/mol. The molecule has 0 amide bonds. The molecule has 5 heterocycles.